The van der Waals surface area contributed by atoms with Crippen molar-refractivity contribution in [3.63, 3.8) is 0 Å². The number of ether oxygens (including phenoxy) is 1. The van der Waals surface area contributed by atoms with E-state index in [1.807, 2.05) is 0 Å². The summed E-state index contributed by atoms with van der Waals surface area (Å²) >= 11 is 5.75. The van der Waals surface area contributed by atoms with E-state index < -0.39 is 11.7 Å². The van der Waals surface area contributed by atoms with Gasteiger partial charge in [0.15, 0.2) is 0 Å². The SMILES string of the molecule is FC(F)(F)c1cccc(OC2CCNCC2)c1Cl. The largest absolute Gasteiger partial charge is 0.489 e. The molecule has 100 valence electrons. The fourth-order valence-electron chi connectivity index (χ4n) is 1.91. The third-order valence-electron chi connectivity index (χ3n) is 2.85. The van der Waals surface area contributed by atoms with Gasteiger partial charge >= 0.3 is 6.18 Å². The predicted molar refractivity (Wildman–Crippen MR) is 63.0 cm³/mol. The zero-order chi connectivity index (χ0) is 13.2. The molecule has 1 heterocycles. The summed E-state index contributed by atoms with van der Waals surface area (Å²) in [6.45, 7) is 1.61. The monoisotopic (exact) mass is 279 g/mol. The number of halogens is 4. The number of piperidine rings is 1. The molecule has 1 aromatic carbocycles. The summed E-state index contributed by atoms with van der Waals surface area (Å²) in [4.78, 5) is 0. The molecule has 1 aliphatic heterocycles. The lowest BCUT2D eigenvalue weighted by atomic mass is 10.1. The summed E-state index contributed by atoms with van der Waals surface area (Å²) in [5.74, 6) is 0.110. The van der Waals surface area contributed by atoms with Gasteiger partial charge in [-0.25, -0.2) is 0 Å². The van der Waals surface area contributed by atoms with Gasteiger partial charge in [0.25, 0.3) is 0 Å². The van der Waals surface area contributed by atoms with Crippen molar-refractivity contribution in [3.8, 4) is 5.75 Å². The second-order valence-electron chi connectivity index (χ2n) is 4.18. The van der Waals surface area contributed by atoms with E-state index >= 15 is 0 Å². The molecule has 1 saturated heterocycles. The van der Waals surface area contributed by atoms with Crippen LogP contribution in [0, 0.1) is 0 Å². The van der Waals surface area contributed by atoms with Crippen LogP contribution in [-0.2, 0) is 6.18 Å². The lowest BCUT2D eigenvalue weighted by Crippen LogP contribution is -2.34. The number of hydrogen-bond donors (Lipinski definition) is 1. The molecule has 0 saturated carbocycles. The topological polar surface area (TPSA) is 21.3 Å². The third kappa shape index (κ3) is 3.09. The highest BCUT2D eigenvalue weighted by Crippen LogP contribution is 2.39. The molecule has 0 spiro atoms. The molecular weight excluding hydrogens is 267 g/mol. The minimum atomic E-state index is -4.45. The number of nitrogens with one attached hydrogen (secondary N) is 1. The van der Waals surface area contributed by atoms with Crippen LogP contribution in [0.4, 0.5) is 13.2 Å². The van der Waals surface area contributed by atoms with E-state index in [1.54, 1.807) is 0 Å². The molecule has 0 aromatic heterocycles. The van der Waals surface area contributed by atoms with Crippen LogP contribution < -0.4 is 10.1 Å². The van der Waals surface area contributed by atoms with Crippen molar-refractivity contribution in [1.29, 1.82) is 0 Å². The highest BCUT2D eigenvalue weighted by molar-refractivity contribution is 6.32. The molecule has 0 atom stereocenters. The lowest BCUT2D eigenvalue weighted by Gasteiger charge is -2.24. The van der Waals surface area contributed by atoms with E-state index in [0.717, 1.165) is 32.0 Å². The number of benzene rings is 1. The average molecular weight is 280 g/mol. The quantitative estimate of drug-likeness (QED) is 0.895. The third-order valence-corrected chi connectivity index (χ3v) is 3.24. The molecule has 0 amide bonds. The Hall–Kier alpha value is -0.940. The van der Waals surface area contributed by atoms with Crippen LogP contribution in [0.3, 0.4) is 0 Å². The van der Waals surface area contributed by atoms with Gasteiger partial charge in [-0.15, -0.1) is 0 Å². The Kier molecular flexibility index (Phi) is 4.02. The fraction of sp³-hybridized carbons (Fsp3) is 0.500. The van der Waals surface area contributed by atoms with Crippen LogP contribution in [-0.4, -0.2) is 19.2 Å². The second kappa shape index (κ2) is 5.36. The molecule has 0 aliphatic carbocycles. The van der Waals surface area contributed by atoms with Crippen molar-refractivity contribution in [2.45, 2.75) is 25.1 Å². The van der Waals surface area contributed by atoms with Gasteiger partial charge in [-0.1, -0.05) is 17.7 Å². The van der Waals surface area contributed by atoms with Gasteiger partial charge in [0.05, 0.1) is 10.6 Å². The summed E-state index contributed by atoms with van der Waals surface area (Å²) in [5.41, 5.74) is -0.851. The van der Waals surface area contributed by atoms with Gasteiger partial charge in [-0.05, 0) is 38.1 Å². The highest BCUT2D eigenvalue weighted by Gasteiger charge is 2.34. The van der Waals surface area contributed by atoms with Crippen molar-refractivity contribution < 1.29 is 17.9 Å². The minimum absolute atomic E-state index is 0.0766. The molecule has 1 N–H and O–H groups in total. The zero-order valence-corrected chi connectivity index (χ0v) is 10.3. The van der Waals surface area contributed by atoms with E-state index in [9.17, 15) is 13.2 Å². The molecule has 0 unspecified atom stereocenters. The van der Waals surface area contributed by atoms with E-state index in [2.05, 4.69) is 5.32 Å². The molecule has 6 heteroatoms. The maximum absolute atomic E-state index is 12.7. The Bertz CT molecular complexity index is 416. The first-order valence-corrected chi connectivity index (χ1v) is 6.09. The highest BCUT2D eigenvalue weighted by atomic mass is 35.5. The van der Waals surface area contributed by atoms with Crippen LogP contribution in [0.25, 0.3) is 0 Å². The van der Waals surface area contributed by atoms with Crippen LogP contribution in [0.2, 0.25) is 5.02 Å². The Balaban J connectivity index is 2.18. The van der Waals surface area contributed by atoms with Crippen molar-refractivity contribution in [2.24, 2.45) is 0 Å². The fourth-order valence-corrected chi connectivity index (χ4v) is 2.19. The summed E-state index contributed by atoms with van der Waals surface area (Å²) < 4.78 is 43.5. The van der Waals surface area contributed by atoms with E-state index in [-0.39, 0.29) is 16.9 Å². The van der Waals surface area contributed by atoms with Crippen LogP contribution in [0.15, 0.2) is 18.2 Å². The van der Waals surface area contributed by atoms with Gasteiger partial charge in [-0.2, -0.15) is 13.2 Å². The number of hydrogen-bond acceptors (Lipinski definition) is 2. The standard InChI is InChI=1S/C12H13ClF3NO/c13-11-9(12(14,15)16)2-1-3-10(11)18-8-4-6-17-7-5-8/h1-3,8,17H,4-7H2. The molecule has 1 aliphatic rings. The van der Waals surface area contributed by atoms with E-state index in [4.69, 9.17) is 16.3 Å². The van der Waals surface area contributed by atoms with Crippen molar-refractivity contribution in [1.82, 2.24) is 5.32 Å². The molecule has 0 bridgehead atoms. The van der Waals surface area contributed by atoms with Crippen LogP contribution in [0.5, 0.6) is 5.75 Å². The number of alkyl halides is 3. The Labute approximate surface area is 108 Å². The summed E-state index contributed by atoms with van der Waals surface area (Å²) in [6.07, 6.45) is -2.99. The van der Waals surface area contributed by atoms with E-state index in [0.29, 0.717) is 0 Å². The van der Waals surface area contributed by atoms with Gasteiger partial charge in [0.2, 0.25) is 0 Å². The first-order chi connectivity index (χ1) is 8.48. The van der Waals surface area contributed by atoms with Crippen molar-refractivity contribution in [2.75, 3.05) is 13.1 Å². The maximum atomic E-state index is 12.7. The second-order valence-corrected chi connectivity index (χ2v) is 4.56. The number of rotatable bonds is 2. The molecule has 1 aromatic rings. The van der Waals surface area contributed by atoms with Crippen molar-refractivity contribution in [3.05, 3.63) is 28.8 Å². The Morgan fingerprint density at radius 2 is 1.89 bits per heavy atom. The van der Waals surface area contributed by atoms with Gasteiger partial charge in [0.1, 0.15) is 11.9 Å². The van der Waals surface area contributed by atoms with Gasteiger partial charge in [0, 0.05) is 0 Å². The first-order valence-electron chi connectivity index (χ1n) is 5.71. The van der Waals surface area contributed by atoms with Gasteiger partial charge in [-0.3, -0.25) is 0 Å². The Morgan fingerprint density at radius 3 is 2.50 bits per heavy atom. The van der Waals surface area contributed by atoms with Crippen LogP contribution >= 0.6 is 11.6 Å². The first kappa shape index (κ1) is 13.5. The maximum Gasteiger partial charge on any atom is 0.417 e. The van der Waals surface area contributed by atoms with Gasteiger partial charge < -0.3 is 10.1 Å². The lowest BCUT2D eigenvalue weighted by molar-refractivity contribution is -0.137. The molecule has 2 rings (SSSR count). The molecular formula is C12H13ClF3NO. The normalized spacial score (nSPS) is 17.8. The van der Waals surface area contributed by atoms with Crippen molar-refractivity contribution >= 4 is 11.6 Å². The average Bonchev–Trinajstić information content (AvgIpc) is 2.32. The van der Waals surface area contributed by atoms with E-state index in [1.165, 1.54) is 12.1 Å². The summed E-state index contributed by atoms with van der Waals surface area (Å²) in [6, 6.07) is 3.74. The predicted octanol–water partition coefficient (Wildman–Crippen LogP) is 3.49. The zero-order valence-electron chi connectivity index (χ0n) is 9.56. The molecule has 1 fully saturated rings. The van der Waals surface area contributed by atoms with Crippen LogP contribution in [0.1, 0.15) is 18.4 Å². The smallest absolute Gasteiger partial charge is 0.417 e. The molecule has 18 heavy (non-hydrogen) atoms. The summed E-state index contributed by atoms with van der Waals surface area (Å²) in [7, 11) is 0. The molecule has 2 nitrogen and oxygen atoms in total. The Morgan fingerprint density at radius 1 is 1.22 bits per heavy atom. The summed E-state index contributed by atoms with van der Waals surface area (Å²) in [5, 5.41) is 2.80. The molecule has 0 radical (unpaired) electrons. The minimum Gasteiger partial charge on any atom is -0.489 e.